The van der Waals surface area contributed by atoms with Crippen molar-refractivity contribution >= 4 is 15.6 Å². The summed E-state index contributed by atoms with van der Waals surface area (Å²) >= 11 is 0. The maximum absolute atomic E-state index is 12.7. The number of phosphoric acid groups is 2. The van der Waals surface area contributed by atoms with Gasteiger partial charge in [-0.05, 0) is 93.0 Å². The molecule has 2 rings (SSSR count). The minimum atomic E-state index is -5.40. The Morgan fingerprint density at radius 3 is 1.43 bits per heavy atom. The first-order valence-electron chi connectivity index (χ1n) is 17.1. The topological polar surface area (TPSA) is 163 Å². The van der Waals surface area contributed by atoms with Gasteiger partial charge in [-0.1, -0.05) is 88.8 Å². The molecule has 2 unspecified atom stereocenters. The second-order valence-corrected chi connectivity index (χ2v) is 15.6. The maximum atomic E-state index is 12.7. The lowest BCUT2D eigenvalue weighted by Gasteiger charge is -2.40. The molecule has 2 aromatic carbocycles. The molecule has 0 fully saturated rings. The second-order valence-electron chi connectivity index (χ2n) is 12.8. The van der Waals surface area contributed by atoms with E-state index in [1.165, 1.54) is 0 Å². The van der Waals surface area contributed by atoms with E-state index in [1.54, 1.807) is 0 Å². The van der Waals surface area contributed by atoms with Crippen LogP contribution in [0.4, 0.5) is 0 Å². The van der Waals surface area contributed by atoms with Crippen molar-refractivity contribution in [1.82, 2.24) is 0 Å². The van der Waals surface area contributed by atoms with Gasteiger partial charge in [0.15, 0.2) is 0 Å². The molecule has 2 atom stereocenters. The third kappa shape index (κ3) is 12.7. The number of aliphatic hydroxyl groups excluding tert-OH is 2. The van der Waals surface area contributed by atoms with Crippen molar-refractivity contribution in [1.29, 1.82) is 0 Å². The minimum absolute atomic E-state index is 0.663. The molecule has 2 aromatic rings. The van der Waals surface area contributed by atoms with Crippen LogP contribution in [0.5, 0.6) is 5.75 Å². The SMILES string of the molecule is CCCCc1cc(C)cc(CCCC)c1OC(c1c(CCCC)cc(C)cc1CCCC)C(CO)(CO)COP(=O)(O)OP(=O)(O)O. The molecule has 0 saturated heterocycles. The number of hydrogen-bond acceptors (Lipinski definition) is 7. The van der Waals surface area contributed by atoms with Crippen molar-refractivity contribution in [2.75, 3.05) is 19.8 Å². The van der Waals surface area contributed by atoms with Crippen LogP contribution in [0.3, 0.4) is 0 Å². The normalized spacial score (nSPS) is 14.3. The van der Waals surface area contributed by atoms with E-state index in [0.29, 0.717) is 18.6 Å². The van der Waals surface area contributed by atoms with Gasteiger partial charge < -0.3 is 29.6 Å². The van der Waals surface area contributed by atoms with E-state index in [-0.39, 0.29) is 0 Å². The Bertz CT molecular complexity index is 1290. The summed E-state index contributed by atoms with van der Waals surface area (Å²) < 4.78 is 40.5. The van der Waals surface area contributed by atoms with Gasteiger partial charge in [-0.15, -0.1) is 0 Å². The molecule has 0 aliphatic carbocycles. The zero-order chi connectivity index (χ0) is 35.3. The van der Waals surface area contributed by atoms with Crippen molar-refractivity contribution in [3.05, 3.63) is 63.2 Å². The standard InChI is InChI=1S/C35H58O10P2/c1-7-11-15-28-19-26(5)20-29(16-12-8-2)32(28)34(35(23-36,24-37)25-43-47(41,42)45-46(38,39)40)44-33-30(17-13-9-3)21-27(6)22-31(33)18-14-10-4/h19-22,34,36-37H,7-18,23-25H2,1-6H3,(H,41,42)(H2,38,39,40). The molecule has 0 aliphatic rings. The Labute approximate surface area is 281 Å². The first-order valence-corrected chi connectivity index (χ1v) is 20.1. The van der Waals surface area contributed by atoms with E-state index in [0.717, 1.165) is 103 Å². The smallest absolute Gasteiger partial charge is 0.481 e. The number of hydrogen-bond donors (Lipinski definition) is 5. The molecule has 0 spiro atoms. The van der Waals surface area contributed by atoms with E-state index in [9.17, 15) is 34.0 Å². The number of unbranched alkanes of at least 4 members (excludes halogenated alkanes) is 4. The van der Waals surface area contributed by atoms with Gasteiger partial charge in [0.25, 0.3) is 0 Å². The van der Waals surface area contributed by atoms with Gasteiger partial charge in [-0.25, -0.2) is 9.13 Å². The predicted molar refractivity (Wildman–Crippen MR) is 186 cm³/mol. The van der Waals surface area contributed by atoms with Gasteiger partial charge in [-0.3, -0.25) is 4.52 Å². The predicted octanol–water partition coefficient (Wildman–Crippen LogP) is 7.99. The molecule has 0 radical (unpaired) electrons. The lowest BCUT2D eigenvalue weighted by Crippen LogP contribution is -2.44. The Balaban J connectivity index is 2.97. The van der Waals surface area contributed by atoms with Crippen LogP contribution >= 0.6 is 15.6 Å². The molecule has 10 nitrogen and oxygen atoms in total. The summed E-state index contributed by atoms with van der Waals surface area (Å²) in [7, 11) is -10.7. The van der Waals surface area contributed by atoms with E-state index < -0.39 is 47.0 Å². The number of aliphatic hydroxyl groups is 2. The molecular formula is C35H58O10P2. The van der Waals surface area contributed by atoms with E-state index >= 15 is 0 Å². The molecular weight excluding hydrogens is 642 g/mol. The van der Waals surface area contributed by atoms with Gasteiger partial charge in [0.2, 0.25) is 0 Å². The van der Waals surface area contributed by atoms with Crippen molar-refractivity contribution in [2.45, 2.75) is 125 Å². The van der Waals surface area contributed by atoms with Crippen LogP contribution in [0.2, 0.25) is 0 Å². The molecule has 0 saturated carbocycles. The Morgan fingerprint density at radius 1 is 0.681 bits per heavy atom. The molecule has 47 heavy (non-hydrogen) atoms. The third-order valence-corrected chi connectivity index (χ3v) is 10.6. The highest BCUT2D eigenvalue weighted by molar-refractivity contribution is 7.60. The largest absolute Gasteiger partial charge is 0.484 e. The first kappa shape index (κ1) is 41.6. The Kier molecular flexibility index (Phi) is 17.3. The van der Waals surface area contributed by atoms with Crippen molar-refractivity contribution in [3.63, 3.8) is 0 Å². The van der Waals surface area contributed by atoms with Crippen LogP contribution < -0.4 is 4.74 Å². The third-order valence-electron chi connectivity index (χ3n) is 8.49. The number of benzene rings is 2. The van der Waals surface area contributed by atoms with Gasteiger partial charge in [0, 0.05) is 0 Å². The summed E-state index contributed by atoms with van der Waals surface area (Å²) in [6.07, 6.45) is 9.29. The van der Waals surface area contributed by atoms with Crippen molar-refractivity contribution in [3.8, 4) is 5.75 Å². The Hall–Kier alpha value is -1.58. The maximum Gasteiger partial charge on any atom is 0.481 e. The molecule has 0 heterocycles. The summed E-state index contributed by atoms with van der Waals surface area (Å²) in [5.74, 6) is 0.663. The fourth-order valence-electron chi connectivity index (χ4n) is 5.98. The van der Waals surface area contributed by atoms with Gasteiger partial charge in [0.05, 0.1) is 25.2 Å². The number of phosphoric ester groups is 1. The fourth-order valence-corrected chi connectivity index (χ4v) is 7.67. The zero-order valence-corrected chi connectivity index (χ0v) is 31.0. The number of rotatable bonds is 23. The van der Waals surface area contributed by atoms with Crippen LogP contribution in [0, 0.1) is 19.3 Å². The lowest BCUT2D eigenvalue weighted by atomic mass is 9.76. The highest BCUT2D eigenvalue weighted by Gasteiger charge is 2.46. The highest BCUT2D eigenvalue weighted by atomic mass is 31.3. The van der Waals surface area contributed by atoms with Crippen LogP contribution in [0.1, 0.15) is 124 Å². The van der Waals surface area contributed by atoms with E-state index in [2.05, 4.69) is 63.2 Å². The fraction of sp³-hybridized carbons (Fsp3) is 0.657. The summed E-state index contributed by atoms with van der Waals surface area (Å²) in [5, 5.41) is 22.2. The van der Waals surface area contributed by atoms with Gasteiger partial charge in [-0.2, -0.15) is 4.31 Å². The summed E-state index contributed by atoms with van der Waals surface area (Å²) in [5.41, 5.74) is 5.22. The zero-order valence-electron chi connectivity index (χ0n) is 29.2. The average molecular weight is 701 g/mol. The summed E-state index contributed by atoms with van der Waals surface area (Å²) in [6.45, 7) is 10.3. The molecule has 5 N–H and O–H groups in total. The lowest BCUT2D eigenvalue weighted by molar-refractivity contribution is -0.0733. The van der Waals surface area contributed by atoms with E-state index in [1.807, 2.05) is 6.92 Å². The average Bonchev–Trinajstić information content (AvgIpc) is 3.00. The molecule has 0 aliphatic heterocycles. The highest BCUT2D eigenvalue weighted by Crippen LogP contribution is 2.58. The number of aryl methyl sites for hydroxylation is 6. The molecule has 0 amide bonds. The van der Waals surface area contributed by atoms with E-state index in [4.69, 9.17) is 9.26 Å². The van der Waals surface area contributed by atoms with Crippen LogP contribution in [0.25, 0.3) is 0 Å². The van der Waals surface area contributed by atoms with Crippen LogP contribution in [0.15, 0.2) is 24.3 Å². The second kappa shape index (κ2) is 19.6. The van der Waals surface area contributed by atoms with Crippen LogP contribution in [-0.2, 0) is 43.6 Å². The molecule has 268 valence electrons. The van der Waals surface area contributed by atoms with Crippen molar-refractivity contribution < 1.29 is 47.6 Å². The van der Waals surface area contributed by atoms with Crippen molar-refractivity contribution in [2.24, 2.45) is 5.41 Å². The monoisotopic (exact) mass is 700 g/mol. The molecule has 0 bridgehead atoms. The van der Waals surface area contributed by atoms with Gasteiger partial charge in [0.1, 0.15) is 11.9 Å². The van der Waals surface area contributed by atoms with Crippen LogP contribution in [-0.4, -0.2) is 44.7 Å². The number of ether oxygens (including phenoxy) is 1. The van der Waals surface area contributed by atoms with Gasteiger partial charge >= 0.3 is 15.6 Å². The Morgan fingerprint density at radius 2 is 1.06 bits per heavy atom. The minimum Gasteiger partial charge on any atom is -0.484 e. The summed E-state index contributed by atoms with van der Waals surface area (Å²) in [4.78, 5) is 28.7. The quantitative estimate of drug-likeness (QED) is 0.0718. The summed E-state index contributed by atoms with van der Waals surface area (Å²) in [6, 6.07) is 8.40. The molecule has 12 heteroatoms. The first-order chi connectivity index (χ1) is 22.2. The molecule has 0 aromatic heterocycles.